The van der Waals surface area contributed by atoms with Crippen molar-refractivity contribution in [3.8, 4) is 11.8 Å². The number of anilines is 1. The standard InChI is InChI=1S/C51H60F10N10O7/c1-48(2,50(56,57)58)41(66-46(75)77-6)43(73)65-38(18-29-11-8-28(9-12-29)10-13-30-14-17-40(63-22-30)70-24-33-15-16-34(25-70)69(33)5)39(72)27-71(68-44(74)42(67-47(76)78-7)49(3,4)51(59,60)61)26-35-36(52)19-31(20-37(35)53)32(21-62)23-64-45(54)55/h8-9,11-12,14,17,19-23,33-34,38-39,41-42,45,72H,15-16,18,24-27,62H2,1-7H3,(H,65,73)(H,66,75)(H,67,76)(H,68,74)/t33?,34?,38-,39-,41+,42+/m0/s1. The van der Waals surface area contributed by atoms with Crippen LogP contribution in [-0.2, 0) is 32.0 Å². The molecule has 3 aromatic rings. The lowest BCUT2D eigenvalue weighted by atomic mass is 9.82. The Balaban J connectivity index is 1.52. The van der Waals surface area contributed by atoms with Gasteiger partial charge in [-0.05, 0) is 102 Å². The minimum Gasteiger partial charge on any atom is -0.453 e. The molecule has 2 unspecified atom stereocenters. The van der Waals surface area contributed by atoms with Gasteiger partial charge in [0.2, 0.25) is 5.91 Å². The van der Waals surface area contributed by atoms with Gasteiger partial charge >= 0.3 is 31.1 Å². The molecule has 0 saturated carbocycles. The van der Waals surface area contributed by atoms with Gasteiger partial charge < -0.3 is 41.2 Å². The van der Waals surface area contributed by atoms with Crippen molar-refractivity contribution in [2.45, 2.75) is 109 Å². The smallest absolute Gasteiger partial charge is 0.407 e. The van der Waals surface area contributed by atoms with Crippen molar-refractivity contribution in [3.05, 3.63) is 100 Å². The summed E-state index contributed by atoms with van der Waals surface area (Å²) in [7, 11) is 3.72. The number of pyridine rings is 1. The lowest BCUT2D eigenvalue weighted by Crippen LogP contribution is -2.63. The summed E-state index contributed by atoms with van der Waals surface area (Å²) in [6.45, 7) is -1.63. The number of alkyl halides is 8. The maximum atomic E-state index is 16.0. The summed E-state index contributed by atoms with van der Waals surface area (Å²) < 4.78 is 154. The number of aliphatic hydroxyl groups excluding tert-OH is 1. The van der Waals surface area contributed by atoms with Crippen molar-refractivity contribution in [1.82, 2.24) is 36.3 Å². The van der Waals surface area contributed by atoms with Gasteiger partial charge in [0.05, 0.1) is 37.2 Å². The number of nitrogens with zero attached hydrogens (tertiary/aromatic N) is 5. The summed E-state index contributed by atoms with van der Waals surface area (Å²) in [6, 6.07) is 5.01. The molecule has 5 rings (SSSR count). The van der Waals surface area contributed by atoms with Crippen molar-refractivity contribution in [2.24, 2.45) is 21.6 Å². The highest BCUT2D eigenvalue weighted by atomic mass is 19.4. The van der Waals surface area contributed by atoms with Gasteiger partial charge in [0.15, 0.2) is 0 Å². The summed E-state index contributed by atoms with van der Waals surface area (Å²) in [5, 5.41) is 18.4. The van der Waals surface area contributed by atoms with Gasteiger partial charge in [-0.25, -0.2) is 33.4 Å². The molecule has 17 nitrogen and oxygen atoms in total. The van der Waals surface area contributed by atoms with E-state index in [0.29, 0.717) is 80.5 Å². The largest absolute Gasteiger partial charge is 0.453 e. The minimum absolute atomic E-state index is 0.265. The number of amides is 4. The monoisotopic (exact) mass is 1110 g/mol. The van der Waals surface area contributed by atoms with Gasteiger partial charge in [0.25, 0.3) is 5.91 Å². The van der Waals surface area contributed by atoms with Gasteiger partial charge in [-0.1, -0.05) is 24.0 Å². The molecular weight excluding hydrogens is 1050 g/mol. The maximum absolute atomic E-state index is 16.0. The molecule has 27 heteroatoms. The normalized spacial score (nSPS) is 17.9. The molecular formula is C51H60F10N10O7. The van der Waals surface area contributed by atoms with Crippen LogP contribution in [0.1, 0.15) is 68.4 Å². The Morgan fingerprint density at radius 2 is 1.35 bits per heavy atom. The number of piperazine rings is 1. The van der Waals surface area contributed by atoms with E-state index in [0.717, 1.165) is 46.0 Å². The zero-order chi connectivity index (χ0) is 58.1. The van der Waals surface area contributed by atoms with Crippen LogP contribution in [0.5, 0.6) is 0 Å². The number of alkyl carbamates (subject to hydrolysis) is 2. The number of rotatable bonds is 19. The fourth-order valence-electron chi connectivity index (χ4n) is 8.63. The third kappa shape index (κ3) is 15.3. The number of allylic oxidation sites excluding steroid dienone is 1. The molecule has 2 saturated heterocycles. The van der Waals surface area contributed by atoms with Crippen LogP contribution in [0.3, 0.4) is 0 Å². The van der Waals surface area contributed by atoms with Gasteiger partial charge in [0.1, 0.15) is 29.5 Å². The number of carbonyl (C=O) groups is 4. The summed E-state index contributed by atoms with van der Waals surface area (Å²) in [4.78, 5) is 64.8. The van der Waals surface area contributed by atoms with Crippen LogP contribution < -0.4 is 32.0 Å². The molecule has 2 bridgehead atoms. The first-order chi connectivity index (χ1) is 36.4. The Labute approximate surface area is 442 Å². The van der Waals surface area contributed by atoms with Crippen molar-refractivity contribution in [2.75, 3.05) is 45.8 Å². The zero-order valence-corrected chi connectivity index (χ0v) is 43.3. The van der Waals surface area contributed by atoms with E-state index in [-0.39, 0.29) is 5.56 Å². The quantitative estimate of drug-likeness (QED) is 0.0261. The molecule has 2 aliphatic rings. The molecule has 4 amide bonds. The van der Waals surface area contributed by atoms with Crippen LogP contribution >= 0.6 is 0 Å². The highest BCUT2D eigenvalue weighted by Gasteiger charge is 2.57. The summed E-state index contributed by atoms with van der Waals surface area (Å²) in [6.07, 6.45) is -11.0. The van der Waals surface area contributed by atoms with E-state index in [1.807, 2.05) is 22.9 Å². The third-order valence-electron chi connectivity index (χ3n) is 13.8. The van der Waals surface area contributed by atoms with E-state index in [9.17, 15) is 59.4 Å². The van der Waals surface area contributed by atoms with Gasteiger partial charge in [-0.3, -0.25) is 19.9 Å². The number of aromatic nitrogens is 1. The molecule has 0 aliphatic carbocycles. The lowest BCUT2D eigenvalue weighted by molar-refractivity contribution is -0.221. The Morgan fingerprint density at radius 3 is 1.82 bits per heavy atom. The van der Waals surface area contributed by atoms with E-state index in [4.69, 9.17) is 5.73 Å². The van der Waals surface area contributed by atoms with Crippen molar-refractivity contribution in [1.29, 1.82) is 0 Å². The van der Waals surface area contributed by atoms with Crippen LogP contribution in [0.25, 0.3) is 5.57 Å². The maximum Gasteiger partial charge on any atom is 0.407 e. The number of ether oxygens (including phenoxy) is 2. The predicted octanol–water partition coefficient (Wildman–Crippen LogP) is 6.18. The van der Waals surface area contributed by atoms with Gasteiger partial charge in [-0.2, -0.15) is 35.1 Å². The molecule has 2 aromatic carbocycles. The second-order valence-corrected chi connectivity index (χ2v) is 19.7. The average Bonchev–Trinajstić information content (AvgIpc) is 3.60. The van der Waals surface area contributed by atoms with Crippen molar-refractivity contribution >= 4 is 41.6 Å². The summed E-state index contributed by atoms with van der Waals surface area (Å²) in [5.41, 5.74) is 0.830. The molecule has 7 N–H and O–H groups in total. The molecule has 2 fully saturated rings. The van der Waals surface area contributed by atoms with E-state index < -0.39 is 126 Å². The number of nitrogens with two attached hydrogens (primary N) is 1. The van der Waals surface area contributed by atoms with E-state index in [2.05, 4.69) is 53.5 Å². The third-order valence-corrected chi connectivity index (χ3v) is 13.8. The highest BCUT2D eigenvalue weighted by molar-refractivity contribution is 6.09. The number of hydrogen-bond donors (Lipinski definition) is 6. The fourth-order valence-corrected chi connectivity index (χ4v) is 8.63. The number of likely N-dealkylation sites (N-methyl/N-ethyl adjacent to an activating group) is 1. The first-order valence-electron chi connectivity index (χ1n) is 24.0. The highest BCUT2D eigenvalue weighted by Crippen LogP contribution is 2.42. The fraction of sp³-hybridized carbons (Fsp3) is 0.490. The molecule has 3 heterocycles. The number of aliphatic imine (C=N–C) groups is 1. The number of fused-ring (bicyclic) bond motifs is 2. The minimum atomic E-state index is -5.24. The number of hydrazine groups is 1. The van der Waals surface area contributed by atoms with Crippen LogP contribution in [0.15, 0.2) is 65.9 Å². The second kappa shape index (κ2) is 25.5. The molecule has 6 atom stereocenters. The number of nitrogens with one attached hydrogen (secondary N) is 4. The molecule has 426 valence electrons. The number of benzene rings is 2. The molecule has 2 aliphatic heterocycles. The molecule has 0 radical (unpaired) electrons. The van der Waals surface area contributed by atoms with Crippen LogP contribution in [0.4, 0.5) is 59.3 Å². The van der Waals surface area contributed by atoms with E-state index >= 15 is 8.78 Å². The Morgan fingerprint density at radius 1 is 0.833 bits per heavy atom. The number of halogens is 10. The molecule has 0 spiro atoms. The number of hydrogen-bond acceptors (Lipinski definition) is 13. The lowest BCUT2D eigenvalue weighted by Gasteiger charge is -2.39. The van der Waals surface area contributed by atoms with E-state index in [1.54, 1.807) is 11.5 Å². The van der Waals surface area contributed by atoms with Crippen LogP contribution in [0.2, 0.25) is 0 Å². The number of methoxy groups -OCH3 is 2. The average molecular weight is 1120 g/mol. The topological polar surface area (TPSA) is 216 Å². The van der Waals surface area contributed by atoms with Crippen molar-refractivity contribution in [3.63, 3.8) is 0 Å². The summed E-state index contributed by atoms with van der Waals surface area (Å²) in [5.74, 6) is 0.638. The predicted molar refractivity (Wildman–Crippen MR) is 265 cm³/mol. The number of aliphatic hydroxyl groups is 1. The van der Waals surface area contributed by atoms with Crippen LogP contribution in [0, 0.1) is 34.3 Å². The van der Waals surface area contributed by atoms with Crippen molar-refractivity contribution < 1.29 is 77.7 Å². The Bertz CT molecular complexity index is 2700. The summed E-state index contributed by atoms with van der Waals surface area (Å²) >= 11 is 0. The Kier molecular flexibility index (Phi) is 20.2. The Hall–Kier alpha value is -7.18. The van der Waals surface area contributed by atoms with Gasteiger partial charge in [0, 0.05) is 79.1 Å². The number of carbonyl (C=O) groups excluding carboxylic acids is 4. The second-order valence-electron chi connectivity index (χ2n) is 19.7. The van der Waals surface area contributed by atoms with Gasteiger partial charge in [-0.15, -0.1) is 0 Å². The SMILES string of the molecule is COC(=O)N[C@H](C(=O)N[C@@H](Cc1ccc(C#Cc2ccc(N3CC4CCC(C3)N4C)nc2)cc1)[C@@H](O)CN(Cc1c(F)cc(C(C=NC(F)F)=CN)cc1F)NC(=O)[C@@H](NC(=O)OC)C(C)(C)C(F)(F)F)C(C)(C)C(F)(F)F. The first-order valence-corrected chi connectivity index (χ1v) is 24.0. The first kappa shape index (κ1) is 61.7. The molecule has 78 heavy (non-hydrogen) atoms. The van der Waals surface area contributed by atoms with Crippen LogP contribution in [-0.4, -0.2) is 146 Å². The van der Waals surface area contributed by atoms with E-state index in [1.165, 1.54) is 24.3 Å². The zero-order valence-electron chi connectivity index (χ0n) is 43.3. The molecule has 1 aromatic heterocycles.